The largest absolute Gasteiger partial charge is 0.378 e. The van der Waals surface area contributed by atoms with Gasteiger partial charge in [0.2, 0.25) is 0 Å². The zero-order chi connectivity index (χ0) is 16.3. The molecule has 2 fully saturated rings. The van der Waals surface area contributed by atoms with E-state index in [0.717, 1.165) is 30.3 Å². The molecule has 2 rings (SSSR count). The molecule has 0 aromatic carbocycles. The molecular weight excluding hydrogens is 268 g/mol. The number of ether oxygens (including phenoxy) is 1. The number of rotatable bonds is 5. The maximum Gasteiger partial charge on any atom is 0.0598 e. The van der Waals surface area contributed by atoms with Crippen LogP contribution in [0.2, 0.25) is 0 Å². The third-order valence-corrected chi connectivity index (χ3v) is 6.78. The molecule has 1 nitrogen and oxygen atoms in total. The van der Waals surface area contributed by atoms with Crippen molar-refractivity contribution in [3.8, 4) is 0 Å². The molecule has 2 aliphatic rings. The van der Waals surface area contributed by atoms with Crippen molar-refractivity contribution in [2.24, 2.45) is 35.0 Å². The Morgan fingerprint density at radius 1 is 0.864 bits per heavy atom. The van der Waals surface area contributed by atoms with Gasteiger partial charge in [0.1, 0.15) is 0 Å². The Bertz CT molecular complexity index is 315. The van der Waals surface area contributed by atoms with Crippen molar-refractivity contribution in [2.45, 2.75) is 92.6 Å². The second-order valence-electron chi connectivity index (χ2n) is 9.61. The molecule has 0 spiro atoms. The second kappa shape index (κ2) is 7.69. The molecule has 1 saturated carbocycles. The third-order valence-electron chi connectivity index (χ3n) is 6.78. The minimum Gasteiger partial charge on any atom is -0.378 e. The summed E-state index contributed by atoms with van der Waals surface area (Å²) in [5, 5.41) is 0. The molecule has 0 bridgehead atoms. The lowest BCUT2D eigenvalue weighted by Crippen LogP contribution is -2.35. The van der Waals surface area contributed by atoms with Crippen molar-refractivity contribution >= 4 is 0 Å². The summed E-state index contributed by atoms with van der Waals surface area (Å²) in [4.78, 5) is 0. The van der Waals surface area contributed by atoms with Gasteiger partial charge in [-0.25, -0.2) is 0 Å². The van der Waals surface area contributed by atoms with E-state index in [-0.39, 0.29) is 0 Å². The van der Waals surface area contributed by atoms with E-state index in [1.807, 2.05) is 0 Å². The van der Waals surface area contributed by atoms with Crippen LogP contribution in [0.5, 0.6) is 0 Å². The molecule has 1 saturated heterocycles. The van der Waals surface area contributed by atoms with E-state index in [1.54, 1.807) is 0 Å². The average molecular weight is 309 g/mol. The fourth-order valence-electron chi connectivity index (χ4n) is 4.99. The SMILES string of the molecule is CC(C)C1CCC(C(C)(C)CC2CCC(C(C)C)OC2)CC1. The van der Waals surface area contributed by atoms with E-state index in [9.17, 15) is 0 Å². The fourth-order valence-corrected chi connectivity index (χ4v) is 4.99. The Morgan fingerprint density at radius 2 is 1.50 bits per heavy atom. The summed E-state index contributed by atoms with van der Waals surface area (Å²) in [5.41, 5.74) is 0.501. The summed E-state index contributed by atoms with van der Waals surface area (Å²) >= 11 is 0. The molecule has 0 amide bonds. The van der Waals surface area contributed by atoms with Gasteiger partial charge in [0.25, 0.3) is 0 Å². The van der Waals surface area contributed by atoms with Gasteiger partial charge in [0.05, 0.1) is 6.10 Å². The van der Waals surface area contributed by atoms with Gasteiger partial charge < -0.3 is 4.74 Å². The first-order valence-electron chi connectivity index (χ1n) is 9.91. The van der Waals surface area contributed by atoms with Crippen LogP contribution in [0.4, 0.5) is 0 Å². The van der Waals surface area contributed by atoms with Crippen molar-refractivity contribution < 1.29 is 4.74 Å². The van der Waals surface area contributed by atoms with Crippen LogP contribution in [0, 0.1) is 35.0 Å². The molecule has 0 N–H and O–H groups in total. The topological polar surface area (TPSA) is 9.23 Å². The predicted molar refractivity (Wildman–Crippen MR) is 96.0 cm³/mol. The summed E-state index contributed by atoms with van der Waals surface area (Å²) in [6.45, 7) is 15.5. The van der Waals surface area contributed by atoms with E-state index >= 15 is 0 Å². The first-order valence-corrected chi connectivity index (χ1v) is 9.91. The molecule has 0 aromatic rings. The first-order chi connectivity index (χ1) is 10.3. The molecule has 22 heavy (non-hydrogen) atoms. The smallest absolute Gasteiger partial charge is 0.0598 e. The highest BCUT2D eigenvalue weighted by Gasteiger charge is 2.36. The van der Waals surface area contributed by atoms with Gasteiger partial charge in [-0.3, -0.25) is 0 Å². The monoisotopic (exact) mass is 308 g/mol. The van der Waals surface area contributed by atoms with Gasteiger partial charge in [0.15, 0.2) is 0 Å². The second-order valence-corrected chi connectivity index (χ2v) is 9.61. The lowest BCUT2D eigenvalue weighted by molar-refractivity contribution is -0.0540. The van der Waals surface area contributed by atoms with Crippen LogP contribution in [0.3, 0.4) is 0 Å². The van der Waals surface area contributed by atoms with E-state index in [2.05, 4.69) is 41.5 Å². The van der Waals surface area contributed by atoms with Crippen molar-refractivity contribution in [2.75, 3.05) is 6.61 Å². The molecule has 1 aliphatic carbocycles. The Morgan fingerprint density at radius 3 is 1.95 bits per heavy atom. The van der Waals surface area contributed by atoms with Crippen LogP contribution in [0.25, 0.3) is 0 Å². The highest BCUT2D eigenvalue weighted by atomic mass is 16.5. The Kier molecular flexibility index (Phi) is 6.39. The standard InChI is InChI=1S/C21H40O/c1-15(2)18-8-10-19(11-9-18)21(5,6)13-17-7-12-20(16(3)4)22-14-17/h15-20H,7-14H2,1-6H3. The molecule has 130 valence electrons. The van der Waals surface area contributed by atoms with Crippen molar-refractivity contribution in [1.82, 2.24) is 0 Å². The van der Waals surface area contributed by atoms with Gasteiger partial charge in [-0.1, -0.05) is 41.5 Å². The molecule has 2 atom stereocenters. The normalized spacial score (nSPS) is 34.4. The van der Waals surface area contributed by atoms with Gasteiger partial charge in [0, 0.05) is 6.61 Å². The highest BCUT2D eigenvalue weighted by Crippen LogP contribution is 2.46. The zero-order valence-corrected chi connectivity index (χ0v) is 16.0. The van der Waals surface area contributed by atoms with Crippen LogP contribution >= 0.6 is 0 Å². The minimum atomic E-state index is 0.501. The first kappa shape index (κ1) is 18.3. The average Bonchev–Trinajstić information content (AvgIpc) is 2.47. The van der Waals surface area contributed by atoms with Crippen molar-refractivity contribution in [3.63, 3.8) is 0 Å². The third kappa shape index (κ3) is 4.73. The predicted octanol–water partition coefficient (Wildman–Crippen LogP) is 6.32. The van der Waals surface area contributed by atoms with Crippen LogP contribution < -0.4 is 0 Å². The van der Waals surface area contributed by atoms with Crippen molar-refractivity contribution in [3.05, 3.63) is 0 Å². The summed E-state index contributed by atoms with van der Waals surface area (Å²) in [6.07, 6.45) is 10.4. The Hall–Kier alpha value is -0.0400. The summed E-state index contributed by atoms with van der Waals surface area (Å²) in [7, 11) is 0. The fraction of sp³-hybridized carbons (Fsp3) is 1.00. The van der Waals surface area contributed by atoms with Crippen LogP contribution in [-0.2, 0) is 4.74 Å². The molecule has 2 unspecified atom stereocenters. The number of hydrogen-bond acceptors (Lipinski definition) is 1. The van der Waals surface area contributed by atoms with Crippen molar-refractivity contribution in [1.29, 1.82) is 0 Å². The van der Waals surface area contributed by atoms with E-state index in [4.69, 9.17) is 4.74 Å². The maximum absolute atomic E-state index is 6.13. The quantitative estimate of drug-likeness (QED) is 0.577. The van der Waals surface area contributed by atoms with E-state index in [1.165, 1.54) is 44.9 Å². The van der Waals surface area contributed by atoms with E-state index in [0.29, 0.717) is 17.4 Å². The Balaban J connectivity index is 1.79. The summed E-state index contributed by atoms with van der Waals surface area (Å²) < 4.78 is 6.13. The van der Waals surface area contributed by atoms with Gasteiger partial charge in [-0.05, 0) is 80.0 Å². The van der Waals surface area contributed by atoms with Gasteiger partial charge in [-0.2, -0.15) is 0 Å². The van der Waals surface area contributed by atoms with Crippen LogP contribution in [0.1, 0.15) is 86.5 Å². The summed E-state index contributed by atoms with van der Waals surface area (Å²) in [6, 6.07) is 0. The van der Waals surface area contributed by atoms with E-state index < -0.39 is 0 Å². The summed E-state index contributed by atoms with van der Waals surface area (Å²) in [5.74, 6) is 4.28. The Labute approximate surface area is 139 Å². The highest BCUT2D eigenvalue weighted by molar-refractivity contribution is 4.87. The van der Waals surface area contributed by atoms with Crippen LogP contribution in [-0.4, -0.2) is 12.7 Å². The van der Waals surface area contributed by atoms with Gasteiger partial charge in [-0.15, -0.1) is 0 Å². The lowest BCUT2D eigenvalue weighted by atomic mass is 9.64. The maximum atomic E-state index is 6.13. The molecule has 0 aromatic heterocycles. The van der Waals surface area contributed by atoms with Crippen LogP contribution in [0.15, 0.2) is 0 Å². The molecule has 1 heteroatoms. The minimum absolute atomic E-state index is 0.501. The zero-order valence-electron chi connectivity index (χ0n) is 16.0. The number of hydrogen-bond donors (Lipinski definition) is 0. The molecular formula is C21H40O. The molecule has 1 aliphatic heterocycles. The molecule has 1 heterocycles. The lowest BCUT2D eigenvalue weighted by Gasteiger charge is -2.43. The van der Waals surface area contributed by atoms with Gasteiger partial charge >= 0.3 is 0 Å². The molecule has 0 radical (unpaired) electrons.